The number of pyridine rings is 1. The van der Waals surface area contributed by atoms with E-state index in [0.717, 1.165) is 56.8 Å². The van der Waals surface area contributed by atoms with Crippen molar-refractivity contribution in [1.29, 1.82) is 0 Å². The summed E-state index contributed by atoms with van der Waals surface area (Å²) < 4.78 is 22.9. The first-order valence-corrected chi connectivity index (χ1v) is 14.9. The molecule has 7 nitrogen and oxygen atoms in total. The third-order valence-corrected chi connectivity index (χ3v) is 10.2. The van der Waals surface area contributed by atoms with Gasteiger partial charge in [-0.3, -0.25) is 9.88 Å². The molecule has 1 aliphatic carbocycles. The maximum absolute atomic E-state index is 16.5. The van der Waals surface area contributed by atoms with E-state index in [2.05, 4.69) is 28.1 Å². The molecule has 4 atom stereocenters. The molecule has 1 saturated carbocycles. The highest BCUT2D eigenvalue weighted by Gasteiger charge is 2.45. The third kappa shape index (κ3) is 4.01. The maximum atomic E-state index is 16.5. The molecule has 2 unspecified atom stereocenters. The molecule has 5 aliphatic rings. The Balaban J connectivity index is 1.22. The molecule has 2 aromatic heterocycles. The van der Waals surface area contributed by atoms with Crippen LogP contribution in [0.15, 0.2) is 30.5 Å². The Kier molecular flexibility index (Phi) is 5.60. The summed E-state index contributed by atoms with van der Waals surface area (Å²) in [5, 5.41) is 4.37. The van der Waals surface area contributed by atoms with Crippen LogP contribution < -0.4 is 15.0 Å². The smallest absolute Gasteiger partial charge is 0.319 e. The van der Waals surface area contributed by atoms with Crippen molar-refractivity contribution in [3.8, 4) is 17.3 Å². The van der Waals surface area contributed by atoms with Crippen LogP contribution in [0.25, 0.3) is 22.2 Å². The van der Waals surface area contributed by atoms with Gasteiger partial charge < -0.3 is 15.0 Å². The molecule has 0 spiro atoms. The maximum Gasteiger partial charge on any atom is 0.319 e. The summed E-state index contributed by atoms with van der Waals surface area (Å²) in [6.45, 7) is 6.80. The zero-order valence-corrected chi connectivity index (χ0v) is 22.7. The Morgan fingerprint density at radius 2 is 1.82 bits per heavy atom. The summed E-state index contributed by atoms with van der Waals surface area (Å²) >= 11 is 0. The quantitative estimate of drug-likeness (QED) is 0.488. The molecular formula is C31H37FN6O. The fourth-order valence-electron chi connectivity index (χ4n) is 7.94. The first-order valence-electron chi connectivity index (χ1n) is 14.9. The number of hydrogen-bond acceptors (Lipinski definition) is 7. The predicted molar refractivity (Wildman–Crippen MR) is 150 cm³/mol. The average molecular weight is 529 g/mol. The highest BCUT2D eigenvalue weighted by Crippen LogP contribution is 2.50. The van der Waals surface area contributed by atoms with Crippen molar-refractivity contribution in [3.05, 3.63) is 41.8 Å². The number of fused-ring (bicyclic) bond motifs is 4. The summed E-state index contributed by atoms with van der Waals surface area (Å²) in [6, 6.07) is 9.30. The molecule has 5 fully saturated rings. The van der Waals surface area contributed by atoms with Crippen LogP contribution in [0.5, 0.6) is 6.01 Å². The number of benzene rings is 1. The zero-order valence-electron chi connectivity index (χ0n) is 22.7. The number of piperazine rings is 1. The van der Waals surface area contributed by atoms with Crippen LogP contribution in [0.3, 0.4) is 0 Å². The van der Waals surface area contributed by atoms with Gasteiger partial charge in [-0.2, -0.15) is 9.97 Å². The van der Waals surface area contributed by atoms with Gasteiger partial charge in [-0.25, -0.2) is 4.39 Å². The first-order chi connectivity index (χ1) is 19.1. The summed E-state index contributed by atoms with van der Waals surface area (Å²) in [5.41, 5.74) is 2.83. The van der Waals surface area contributed by atoms with E-state index < -0.39 is 0 Å². The molecule has 2 bridgehead atoms. The van der Waals surface area contributed by atoms with Crippen molar-refractivity contribution in [3.63, 3.8) is 0 Å². The summed E-state index contributed by atoms with van der Waals surface area (Å²) in [5.74, 6) is 1.47. The lowest BCUT2D eigenvalue weighted by Crippen LogP contribution is -2.51. The third-order valence-electron chi connectivity index (χ3n) is 10.2. The van der Waals surface area contributed by atoms with Gasteiger partial charge in [0.2, 0.25) is 0 Å². The Morgan fingerprint density at radius 1 is 1.08 bits per heavy atom. The minimum absolute atomic E-state index is 0.0779. The molecule has 1 aromatic carbocycles. The van der Waals surface area contributed by atoms with E-state index in [0.29, 0.717) is 47.1 Å². The van der Waals surface area contributed by atoms with Gasteiger partial charge in [0.25, 0.3) is 0 Å². The molecule has 8 rings (SSSR count). The van der Waals surface area contributed by atoms with E-state index in [1.54, 1.807) is 6.20 Å². The molecule has 3 aromatic rings. The van der Waals surface area contributed by atoms with Crippen molar-refractivity contribution in [2.45, 2.75) is 75.4 Å². The van der Waals surface area contributed by atoms with Gasteiger partial charge in [-0.05, 0) is 75.4 Å². The van der Waals surface area contributed by atoms with Crippen LogP contribution in [-0.4, -0.2) is 70.3 Å². The number of nitrogens with zero attached hydrogens (tertiary/aromatic N) is 5. The second kappa shape index (κ2) is 9.10. The van der Waals surface area contributed by atoms with Crippen LogP contribution in [0.1, 0.15) is 63.4 Å². The summed E-state index contributed by atoms with van der Waals surface area (Å²) in [6.07, 6.45) is 9.97. The SMILES string of the molecule is C[C@@H]1C[C@@H]1c1ccccc1-c1ncc2c(N3CC4CCC(C3)N4)nc(OCC34CCCN3CCC4)nc2c1F. The van der Waals surface area contributed by atoms with Crippen molar-refractivity contribution in [2.75, 3.05) is 37.7 Å². The summed E-state index contributed by atoms with van der Waals surface area (Å²) in [4.78, 5) is 19.3. The van der Waals surface area contributed by atoms with Gasteiger partial charge in [0.15, 0.2) is 5.82 Å². The number of hydrogen-bond donors (Lipinski definition) is 1. The van der Waals surface area contributed by atoms with Crippen LogP contribution in [0.4, 0.5) is 10.2 Å². The molecule has 1 N–H and O–H groups in total. The van der Waals surface area contributed by atoms with E-state index in [-0.39, 0.29) is 17.4 Å². The Bertz CT molecular complexity index is 1410. The molecule has 204 valence electrons. The highest BCUT2D eigenvalue weighted by atomic mass is 19.1. The fraction of sp³-hybridized carbons (Fsp3) is 0.581. The Hall–Kier alpha value is -2.84. The standard InChI is InChI=1S/C31H37FN6O/c1-19-14-24(19)22-6-2-3-7-23(22)27-26(32)28-25(15-33-27)29(37-16-20-8-9-21(17-37)34-20)36-30(35-28)39-18-31-10-4-12-38(31)13-5-11-31/h2-3,6-7,15,19-21,24,34H,4-5,8-14,16-18H2,1H3/t19-,20?,21?,24+/m1/s1. The molecule has 6 heterocycles. The van der Waals surface area contributed by atoms with Crippen LogP contribution in [-0.2, 0) is 0 Å². The van der Waals surface area contributed by atoms with E-state index in [9.17, 15) is 0 Å². The zero-order chi connectivity index (χ0) is 26.1. The monoisotopic (exact) mass is 528 g/mol. The van der Waals surface area contributed by atoms with Gasteiger partial charge in [0.1, 0.15) is 23.6 Å². The molecule has 0 radical (unpaired) electrons. The van der Waals surface area contributed by atoms with Crippen molar-refractivity contribution in [1.82, 2.24) is 25.2 Å². The topological polar surface area (TPSA) is 66.4 Å². The van der Waals surface area contributed by atoms with E-state index in [1.165, 1.54) is 31.2 Å². The first kappa shape index (κ1) is 24.0. The number of anilines is 1. The molecule has 4 aliphatic heterocycles. The largest absolute Gasteiger partial charge is 0.461 e. The highest BCUT2D eigenvalue weighted by molar-refractivity contribution is 5.92. The lowest BCUT2D eigenvalue weighted by molar-refractivity contribution is 0.108. The summed E-state index contributed by atoms with van der Waals surface area (Å²) in [7, 11) is 0. The lowest BCUT2D eigenvalue weighted by Gasteiger charge is -2.34. The number of halogens is 1. The Morgan fingerprint density at radius 3 is 2.56 bits per heavy atom. The second-order valence-corrected chi connectivity index (χ2v) is 12.7. The van der Waals surface area contributed by atoms with Crippen molar-refractivity contribution >= 4 is 16.7 Å². The van der Waals surface area contributed by atoms with Crippen LogP contribution in [0, 0.1) is 11.7 Å². The molecule has 0 amide bonds. The van der Waals surface area contributed by atoms with Gasteiger partial charge in [-0.1, -0.05) is 31.2 Å². The fourth-order valence-corrected chi connectivity index (χ4v) is 7.94. The van der Waals surface area contributed by atoms with Crippen molar-refractivity contribution in [2.24, 2.45) is 5.92 Å². The van der Waals surface area contributed by atoms with Gasteiger partial charge in [0.05, 0.1) is 10.9 Å². The minimum atomic E-state index is -0.374. The van der Waals surface area contributed by atoms with Gasteiger partial charge >= 0.3 is 6.01 Å². The lowest BCUT2D eigenvalue weighted by atomic mass is 9.95. The molecule has 39 heavy (non-hydrogen) atoms. The van der Waals surface area contributed by atoms with Gasteiger partial charge in [0, 0.05) is 36.9 Å². The normalized spacial score (nSPS) is 29.2. The number of rotatable bonds is 6. The second-order valence-electron chi connectivity index (χ2n) is 12.7. The average Bonchev–Trinajstić information content (AvgIpc) is 3.22. The van der Waals surface area contributed by atoms with E-state index in [4.69, 9.17) is 19.7 Å². The number of ether oxygens (including phenoxy) is 1. The Labute approximate surface area is 229 Å². The predicted octanol–water partition coefficient (Wildman–Crippen LogP) is 4.90. The van der Waals surface area contributed by atoms with Crippen LogP contribution in [0.2, 0.25) is 0 Å². The van der Waals surface area contributed by atoms with Crippen molar-refractivity contribution < 1.29 is 9.13 Å². The molecule has 8 heteroatoms. The van der Waals surface area contributed by atoms with E-state index in [1.807, 2.05) is 18.2 Å². The molecular weight excluding hydrogens is 491 g/mol. The number of nitrogens with one attached hydrogen (secondary N) is 1. The van der Waals surface area contributed by atoms with Gasteiger partial charge in [-0.15, -0.1) is 0 Å². The minimum Gasteiger partial charge on any atom is -0.461 e. The molecule has 4 saturated heterocycles. The van der Waals surface area contributed by atoms with Crippen LogP contribution >= 0.6 is 0 Å². The number of aromatic nitrogens is 3. The van der Waals surface area contributed by atoms with E-state index >= 15 is 4.39 Å².